The van der Waals surface area contributed by atoms with Crippen molar-refractivity contribution >= 4 is 5.57 Å². The molecule has 3 rings (SSSR count). The molecule has 2 N–H and O–H groups in total. The van der Waals surface area contributed by atoms with Crippen LogP contribution in [-0.4, -0.2) is 31.6 Å². The first-order valence-corrected chi connectivity index (χ1v) is 13.4. The van der Waals surface area contributed by atoms with E-state index in [4.69, 9.17) is 0 Å². The number of likely N-dealkylation sites (tertiary alicyclic amines) is 1. The van der Waals surface area contributed by atoms with Gasteiger partial charge in [0.1, 0.15) is 0 Å². The first kappa shape index (κ1) is 29.9. The average molecular weight is 463 g/mol. The normalized spacial score (nSPS) is 12.8. The number of rotatable bonds is 12. The summed E-state index contributed by atoms with van der Waals surface area (Å²) in [5, 5.41) is 0. The molecular formula is C32H50N2. The van der Waals surface area contributed by atoms with E-state index in [0.29, 0.717) is 0 Å². The second-order valence-electron chi connectivity index (χ2n) is 9.12. The van der Waals surface area contributed by atoms with E-state index in [-0.39, 0.29) is 0 Å². The van der Waals surface area contributed by atoms with Crippen molar-refractivity contribution in [1.82, 2.24) is 4.90 Å². The van der Waals surface area contributed by atoms with Crippen LogP contribution in [0.2, 0.25) is 0 Å². The molecule has 2 heteroatoms. The number of hydrogen-bond acceptors (Lipinski definition) is 2. The molecule has 0 saturated carbocycles. The van der Waals surface area contributed by atoms with Gasteiger partial charge in [-0.15, -0.1) is 6.58 Å². The van der Waals surface area contributed by atoms with E-state index >= 15 is 0 Å². The van der Waals surface area contributed by atoms with Crippen molar-refractivity contribution in [2.45, 2.75) is 78.1 Å². The van der Waals surface area contributed by atoms with Crippen molar-refractivity contribution in [3.8, 4) is 0 Å². The quantitative estimate of drug-likeness (QED) is 0.256. The van der Waals surface area contributed by atoms with Crippen molar-refractivity contribution in [1.29, 1.82) is 0 Å². The van der Waals surface area contributed by atoms with Gasteiger partial charge in [0.25, 0.3) is 0 Å². The lowest BCUT2D eigenvalue weighted by Gasteiger charge is -2.14. The number of nitrogens with two attached hydrogens (primary N) is 1. The molecule has 0 bridgehead atoms. The summed E-state index contributed by atoms with van der Waals surface area (Å²) < 4.78 is 0. The van der Waals surface area contributed by atoms with Crippen molar-refractivity contribution in [3.63, 3.8) is 0 Å². The van der Waals surface area contributed by atoms with Crippen LogP contribution < -0.4 is 5.73 Å². The minimum atomic E-state index is 1.11. The zero-order valence-corrected chi connectivity index (χ0v) is 22.3. The monoisotopic (exact) mass is 462 g/mol. The van der Waals surface area contributed by atoms with Crippen LogP contribution in [0.5, 0.6) is 0 Å². The molecule has 1 fully saturated rings. The summed E-state index contributed by atoms with van der Waals surface area (Å²) in [6.45, 7) is 16.3. The standard InChI is InChI=1S/C17H24.C14H21N.CH5N/c1-4-6-7-8-9-10-15(3)17-13-11-16(5-2)12-14-17;1-13-7-2-3-8-14(13)9-6-12-15-10-4-5-11-15;1-2/h4,11-14H,1,3,5-10H2,2H3;2-3,7-8H,4-6,9-12H2,1H3;2H2,1H3. The molecule has 0 spiro atoms. The molecule has 2 aromatic carbocycles. The molecule has 2 nitrogen and oxygen atoms in total. The van der Waals surface area contributed by atoms with Crippen molar-refractivity contribution < 1.29 is 0 Å². The predicted octanol–water partition coefficient (Wildman–Crippen LogP) is 8.00. The van der Waals surface area contributed by atoms with Crippen LogP contribution in [0.1, 0.15) is 80.5 Å². The maximum absolute atomic E-state index is 4.50. The number of allylic oxidation sites excluding steroid dienone is 2. The highest BCUT2D eigenvalue weighted by Crippen LogP contribution is 2.20. The summed E-state index contributed by atoms with van der Waals surface area (Å²) in [5.41, 5.74) is 11.4. The van der Waals surface area contributed by atoms with Crippen LogP contribution in [0.3, 0.4) is 0 Å². The van der Waals surface area contributed by atoms with E-state index in [9.17, 15) is 0 Å². The third-order valence-electron chi connectivity index (χ3n) is 6.54. The maximum atomic E-state index is 4.50. The fourth-order valence-electron chi connectivity index (χ4n) is 4.31. The topological polar surface area (TPSA) is 29.3 Å². The number of unbranched alkanes of at least 4 members (excludes halogenated alkanes) is 3. The van der Waals surface area contributed by atoms with E-state index in [1.807, 2.05) is 6.08 Å². The number of benzene rings is 2. The van der Waals surface area contributed by atoms with E-state index in [2.05, 4.69) is 86.2 Å². The van der Waals surface area contributed by atoms with Crippen LogP contribution in [0.4, 0.5) is 0 Å². The molecule has 34 heavy (non-hydrogen) atoms. The number of nitrogens with zero attached hydrogens (tertiary/aromatic N) is 1. The Morgan fingerprint density at radius 3 is 2.24 bits per heavy atom. The van der Waals surface area contributed by atoms with Gasteiger partial charge in [-0.3, -0.25) is 0 Å². The molecule has 0 aromatic heterocycles. The minimum Gasteiger partial charge on any atom is -0.333 e. The minimum absolute atomic E-state index is 1.11. The molecule has 188 valence electrons. The Morgan fingerprint density at radius 1 is 0.941 bits per heavy atom. The van der Waals surface area contributed by atoms with Gasteiger partial charge >= 0.3 is 0 Å². The summed E-state index contributed by atoms with van der Waals surface area (Å²) in [6, 6.07) is 17.6. The number of hydrogen-bond donors (Lipinski definition) is 1. The lowest BCUT2D eigenvalue weighted by Crippen LogP contribution is -2.20. The van der Waals surface area contributed by atoms with Gasteiger partial charge in [0, 0.05) is 0 Å². The lowest BCUT2D eigenvalue weighted by molar-refractivity contribution is 0.334. The highest BCUT2D eigenvalue weighted by Gasteiger charge is 2.10. The molecule has 0 aliphatic carbocycles. The molecule has 0 amide bonds. The van der Waals surface area contributed by atoms with Crippen LogP contribution in [0, 0.1) is 6.92 Å². The van der Waals surface area contributed by atoms with E-state index in [0.717, 1.165) is 19.3 Å². The fourth-order valence-corrected chi connectivity index (χ4v) is 4.31. The van der Waals surface area contributed by atoms with Gasteiger partial charge in [-0.25, -0.2) is 0 Å². The van der Waals surface area contributed by atoms with Gasteiger partial charge in [-0.05, 0) is 119 Å². The summed E-state index contributed by atoms with van der Waals surface area (Å²) in [5.74, 6) is 0. The molecule has 1 heterocycles. The molecule has 0 unspecified atom stereocenters. The van der Waals surface area contributed by atoms with Crippen molar-refractivity contribution in [2.24, 2.45) is 5.73 Å². The smallest absolute Gasteiger partial charge is 0.00156 e. The zero-order valence-electron chi connectivity index (χ0n) is 22.3. The van der Waals surface area contributed by atoms with Gasteiger partial charge < -0.3 is 10.6 Å². The van der Waals surface area contributed by atoms with Gasteiger partial charge in [0.2, 0.25) is 0 Å². The van der Waals surface area contributed by atoms with Gasteiger partial charge in [-0.1, -0.05) is 74.5 Å². The molecule has 0 atom stereocenters. The predicted molar refractivity (Wildman–Crippen MR) is 153 cm³/mol. The summed E-state index contributed by atoms with van der Waals surface area (Å²) in [4.78, 5) is 2.60. The van der Waals surface area contributed by atoms with E-state index in [1.54, 1.807) is 0 Å². The average Bonchev–Trinajstić information content (AvgIpc) is 3.40. The second kappa shape index (κ2) is 19.2. The van der Waals surface area contributed by atoms with Gasteiger partial charge in [0.15, 0.2) is 0 Å². The van der Waals surface area contributed by atoms with Crippen LogP contribution in [0.15, 0.2) is 67.8 Å². The van der Waals surface area contributed by atoms with Gasteiger partial charge in [-0.2, -0.15) is 0 Å². The number of aryl methyl sites for hydroxylation is 3. The largest absolute Gasteiger partial charge is 0.333 e. The Morgan fingerprint density at radius 2 is 1.62 bits per heavy atom. The van der Waals surface area contributed by atoms with Crippen molar-refractivity contribution in [3.05, 3.63) is 90.0 Å². The first-order chi connectivity index (χ1) is 16.6. The second-order valence-corrected chi connectivity index (χ2v) is 9.12. The molecule has 1 saturated heterocycles. The van der Waals surface area contributed by atoms with Gasteiger partial charge in [0.05, 0.1) is 0 Å². The Kier molecular flexibility index (Phi) is 16.8. The molecule has 0 radical (unpaired) electrons. The molecular weight excluding hydrogens is 412 g/mol. The van der Waals surface area contributed by atoms with Crippen LogP contribution in [0.25, 0.3) is 5.57 Å². The fraction of sp³-hybridized carbons (Fsp3) is 0.500. The summed E-state index contributed by atoms with van der Waals surface area (Å²) in [6.07, 6.45) is 14.5. The Labute approximate surface area is 211 Å². The molecule has 1 aliphatic rings. The summed E-state index contributed by atoms with van der Waals surface area (Å²) in [7, 11) is 1.50. The maximum Gasteiger partial charge on any atom is -0.00156 e. The van der Waals surface area contributed by atoms with E-state index in [1.165, 1.54) is 99.5 Å². The molecule has 2 aromatic rings. The Balaban J connectivity index is 0.000000318. The third-order valence-corrected chi connectivity index (χ3v) is 6.54. The van der Waals surface area contributed by atoms with Crippen LogP contribution in [-0.2, 0) is 12.8 Å². The summed E-state index contributed by atoms with van der Waals surface area (Å²) >= 11 is 0. The highest BCUT2D eigenvalue weighted by molar-refractivity contribution is 5.63. The van der Waals surface area contributed by atoms with Crippen LogP contribution >= 0.6 is 0 Å². The first-order valence-electron chi connectivity index (χ1n) is 13.4. The lowest BCUT2D eigenvalue weighted by atomic mass is 9.99. The van der Waals surface area contributed by atoms with Crippen molar-refractivity contribution in [2.75, 3.05) is 26.7 Å². The Bertz CT molecular complexity index is 785. The Hall–Kier alpha value is -2.16. The zero-order chi connectivity index (χ0) is 25.0. The highest BCUT2D eigenvalue weighted by atomic mass is 15.1. The molecule has 1 aliphatic heterocycles. The SMILES string of the molecule is C=CCCCCCC(=C)c1ccc(CC)cc1.CN.Cc1ccccc1CCCN1CCCC1. The van der Waals surface area contributed by atoms with E-state index < -0.39 is 0 Å². The third kappa shape index (κ3) is 12.3.